The molecule has 2 aliphatic heterocycles. The van der Waals surface area contributed by atoms with Crippen LogP contribution in [0, 0.1) is 11.8 Å². The van der Waals surface area contributed by atoms with Crippen molar-refractivity contribution < 1.29 is 55.4 Å². The lowest BCUT2D eigenvalue weighted by Gasteiger charge is -2.32. The zero-order valence-corrected chi connectivity index (χ0v) is 31.5. The van der Waals surface area contributed by atoms with E-state index in [1.807, 2.05) is 5.32 Å². The zero-order valence-electron chi connectivity index (χ0n) is 31.5. The molecule has 0 bridgehead atoms. The molecule has 0 spiro atoms. The third kappa shape index (κ3) is 6.87. The number of aliphatic imine (C=N–C) groups is 1. The number of ketones is 5. The third-order valence-electron chi connectivity index (χ3n) is 9.70. The molecule has 0 saturated heterocycles. The number of hydrogen-bond acceptors (Lipinski definition) is 12. The Labute approximate surface area is 326 Å². The normalized spacial score (nSPS) is 22.7. The number of aliphatic hydroxyl groups is 1. The van der Waals surface area contributed by atoms with Crippen molar-refractivity contribution in [1.29, 1.82) is 0 Å². The monoisotopic (exact) mass is 808 g/mol. The molecule has 6 N–H and O–H groups in total. The largest absolute Gasteiger partial charge is 0.504 e. The molecule has 12 nitrogen and oxygen atoms in total. The van der Waals surface area contributed by atoms with E-state index < -0.39 is 98.6 Å². The van der Waals surface area contributed by atoms with Gasteiger partial charge in [0.05, 0.1) is 11.1 Å². The van der Waals surface area contributed by atoms with E-state index in [4.69, 9.17) is 0 Å². The Kier molecular flexibility index (Phi) is 10.3. The second-order valence-electron chi connectivity index (χ2n) is 14.2. The summed E-state index contributed by atoms with van der Waals surface area (Å²) < 4.78 is 82.8. The molecule has 0 fully saturated rings. The summed E-state index contributed by atoms with van der Waals surface area (Å²) in [7, 11) is 0. The molecular formula is C40H34F6N6O6. The van der Waals surface area contributed by atoms with Crippen molar-refractivity contribution in [2.45, 2.75) is 53.9 Å². The number of nitrogens with one attached hydrogen (secondary N) is 5. The SMILES string of the molecule is CC1=CC2=C(C(C)C)C(=O)C(=O)C(/C=N/C3=C(C(F)(F)F)NC=CN3)=C2C(=O)/C1=C1\C(=O)C2=C(C=C1C)C(C(C)C)=C(O)C(=O)/C2=C\NC1=C(C(F)(F)F)NC=CN1. The van der Waals surface area contributed by atoms with Gasteiger partial charge in [0, 0.05) is 70.7 Å². The van der Waals surface area contributed by atoms with Gasteiger partial charge in [-0.2, -0.15) is 26.3 Å². The average molecular weight is 809 g/mol. The molecule has 18 heteroatoms. The molecule has 302 valence electrons. The number of hydrogen-bond donors (Lipinski definition) is 6. The fourth-order valence-electron chi connectivity index (χ4n) is 7.25. The Morgan fingerprint density at radius 1 is 0.638 bits per heavy atom. The van der Waals surface area contributed by atoms with Crippen LogP contribution in [-0.2, 0) is 24.0 Å². The summed E-state index contributed by atoms with van der Waals surface area (Å²) in [5.41, 5.74) is -4.72. The van der Waals surface area contributed by atoms with Crippen molar-refractivity contribution in [2.75, 3.05) is 0 Å². The van der Waals surface area contributed by atoms with Crippen molar-refractivity contribution in [1.82, 2.24) is 26.6 Å². The van der Waals surface area contributed by atoms with Crippen LogP contribution in [0.4, 0.5) is 26.3 Å². The summed E-state index contributed by atoms with van der Waals surface area (Å²) in [5, 5.41) is 22.3. The Balaban J connectivity index is 1.58. The van der Waals surface area contributed by atoms with Crippen molar-refractivity contribution in [3.63, 3.8) is 0 Å². The number of aliphatic hydroxyl groups excluding tert-OH is 1. The lowest BCUT2D eigenvalue weighted by molar-refractivity contribution is -0.132. The standard InChI is InChI=1S/C40H34F6N6O6/c1-15(2)23-19-11-17(5)25(31(55)27(19)21(29(53)33(23)57)13-51-37-35(39(41,42)43)47-7-9-49-37)26-18(6)12-20-24(16(3)4)34(58)30(54)22(28(20)32(26)56)14-52-38-36(40(44,45)46)48-8-10-50-38/h7-16,47-51,57H,1-6H3/b21-13-,26-25-,52-14+. The molecule has 0 aromatic rings. The highest BCUT2D eigenvalue weighted by Gasteiger charge is 2.45. The smallest absolute Gasteiger partial charge is 0.434 e. The highest BCUT2D eigenvalue weighted by atomic mass is 19.4. The molecule has 2 heterocycles. The Morgan fingerprint density at radius 3 is 1.72 bits per heavy atom. The molecule has 6 aliphatic rings. The zero-order chi connectivity index (χ0) is 42.8. The van der Waals surface area contributed by atoms with Crippen LogP contribution in [0.25, 0.3) is 0 Å². The maximum absolute atomic E-state index is 14.9. The maximum Gasteiger partial charge on any atom is 0.434 e. The van der Waals surface area contributed by atoms with Crippen molar-refractivity contribution >= 4 is 35.1 Å². The van der Waals surface area contributed by atoms with Crippen LogP contribution < -0.4 is 26.6 Å². The maximum atomic E-state index is 14.9. The van der Waals surface area contributed by atoms with E-state index in [-0.39, 0.29) is 50.2 Å². The van der Waals surface area contributed by atoms with Gasteiger partial charge in [-0.15, -0.1) is 0 Å². The van der Waals surface area contributed by atoms with Crippen LogP contribution in [-0.4, -0.2) is 52.6 Å². The highest BCUT2D eigenvalue weighted by molar-refractivity contribution is 6.56. The van der Waals surface area contributed by atoms with Crippen LogP contribution >= 0.6 is 0 Å². The number of alkyl halides is 6. The van der Waals surface area contributed by atoms with Crippen molar-refractivity contribution in [3.05, 3.63) is 139 Å². The molecule has 58 heavy (non-hydrogen) atoms. The van der Waals surface area contributed by atoms with Gasteiger partial charge in [0.1, 0.15) is 5.82 Å². The highest BCUT2D eigenvalue weighted by Crippen LogP contribution is 2.46. The van der Waals surface area contributed by atoms with Crippen LogP contribution in [0.2, 0.25) is 0 Å². The minimum absolute atomic E-state index is 0.00121. The molecule has 6 rings (SSSR count). The number of allylic oxidation sites excluding steroid dienone is 16. The summed E-state index contributed by atoms with van der Waals surface area (Å²) in [6.07, 6.45) is -1.30. The number of carbonyl (C=O) groups excluding carboxylic acids is 5. The summed E-state index contributed by atoms with van der Waals surface area (Å²) in [4.78, 5) is 74.5. The lowest BCUT2D eigenvalue weighted by atomic mass is 9.69. The molecule has 0 radical (unpaired) electrons. The van der Waals surface area contributed by atoms with Gasteiger partial charge in [0.25, 0.3) is 0 Å². The minimum Gasteiger partial charge on any atom is -0.504 e. The number of nitrogens with zero attached hydrogens (tertiary/aromatic N) is 1. The lowest BCUT2D eigenvalue weighted by Crippen LogP contribution is -2.37. The molecule has 0 unspecified atom stereocenters. The van der Waals surface area contributed by atoms with E-state index in [1.54, 1.807) is 27.7 Å². The second kappa shape index (κ2) is 14.7. The quantitative estimate of drug-likeness (QED) is 0.0664. The Hall–Kier alpha value is -6.72. The number of fused-ring (bicyclic) bond motifs is 1. The topological polar surface area (TPSA) is 178 Å². The number of halogens is 6. The molecule has 4 aliphatic carbocycles. The number of rotatable bonds is 6. The molecule has 0 atom stereocenters. The Bertz CT molecular complexity index is 2450. The van der Waals surface area contributed by atoms with Gasteiger partial charge >= 0.3 is 12.4 Å². The van der Waals surface area contributed by atoms with E-state index in [1.165, 1.54) is 26.0 Å². The van der Waals surface area contributed by atoms with E-state index in [0.29, 0.717) is 6.21 Å². The first-order chi connectivity index (χ1) is 27.1. The molecule has 0 saturated carbocycles. The fraction of sp³-hybridized carbons (Fsp3) is 0.250. The minimum atomic E-state index is -4.93. The second-order valence-corrected chi connectivity index (χ2v) is 14.2. The van der Waals surface area contributed by atoms with Crippen LogP contribution in [0.5, 0.6) is 0 Å². The number of carbonyl (C=O) groups is 5. The van der Waals surface area contributed by atoms with E-state index in [0.717, 1.165) is 31.0 Å². The van der Waals surface area contributed by atoms with Gasteiger partial charge < -0.3 is 31.7 Å². The third-order valence-corrected chi connectivity index (χ3v) is 9.70. The fourth-order valence-corrected chi connectivity index (χ4v) is 7.25. The predicted octanol–water partition coefficient (Wildman–Crippen LogP) is 5.42. The predicted molar refractivity (Wildman–Crippen MR) is 197 cm³/mol. The average Bonchev–Trinajstić information content (AvgIpc) is 3.13. The summed E-state index contributed by atoms with van der Waals surface area (Å²) >= 11 is 0. The van der Waals surface area contributed by atoms with Gasteiger partial charge in [0.2, 0.25) is 17.3 Å². The van der Waals surface area contributed by atoms with Crippen molar-refractivity contribution in [3.8, 4) is 0 Å². The van der Waals surface area contributed by atoms with Gasteiger partial charge in [0.15, 0.2) is 34.5 Å². The van der Waals surface area contributed by atoms with Gasteiger partial charge in [-0.1, -0.05) is 39.8 Å². The summed E-state index contributed by atoms with van der Waals surface area (Å²) in [5.74, 6) is -8.60. The van der Waals surface area contributed by atoms with Crippen LogP contribution in [0.3, 0.4) is 0 Å². The Morgan fingerprint density at radius 2 is 1.16 bits per heavy atom. The van der Waals surface area contributed by atoms with Crippen LogP contribution in [0.1, 0.15) is 41.5 Å². The van der Waals surface area contributed by atoms with Crippen molar-refractivity contribution in [2.24, 2.45) is 16.8 Å². The first-order valence-electron chi connectivity index (χ1n) is 17.6. The first-order valence-corrected chi connectivity index (χ1v) is 17.6. The van der Waals surface area contributed by atoms with E-state index >= 15 is 0 Å². The van der Waals surface area contributed by atoms with Crippen LogP contribution in [0.15, 0.2) is 144 Å². The van der Waals surface area contributed by atoms with Gasteiger partial charge in [-0.25, -0.2) is 4.99 Å². The van der Waals surface area contributed by atoms with Gasteiger partial charge in [-0.05, 0) is 48.0 Å². The molecule has 0 aromatic heterocycles. The molecule has 0 aromatic carbocycles. The summed E-state index contributed by atoms with van der Waals surface area (Å²) in [6.45, 7) is 9.41. The van der Waals surface area contributed by atoms with Gasteiger partial charge in [-0.3, -0.25) is 24.0 Å². The first kappa shape index (κ1) is 40.9. The van der Waals surface area contributed by atoms with E-state index in [2.05, 4.69) is 26.3 Å². The molecular weight excluding hydrogens is 774 g/mol. The van der Waals surface area contributed by atoms with E-state index in [9.17, 15) is 55.4 Å². The summed E-state index contributed by atoms with van der Waals surface area (Å²) in [6, 6.07) is 0. The number of Topliss-reactive ketones (excluding diaryl/α,β-unsaturated/α-hetero) is 5. The molecule has 0 amide bonds.